The maximum absolute atomic E-state index is 6.27. The first-order valence-corrected chi connectivity index (χ1v) is 10.3. The average molecular weight is 437 g/mol. The van der Waals surface area contributed by atoms with Crippen molar-refractivity contribution in [2.75, 3.05) is 10.6 Å². The van der Waals surface area contributed by atoms with Gasteiger partial charge in [-0.25, -0.2) is 0 Å². The number of rotatable bonds is 6. The zero-order valence-electron chi connectivity index (χ0n) is 16.4. The Morgan fingerprint density at radius 2 is 1.80 bits per heavy atom. The lowest BCUT2D eigenvalue weighted by Gasteiger charge is -2.07. The number of hydrogen-bond acceptors (Lipinski definition) is 3. The van der Waals surface area contributed by atoms with Gasteiger partial charge in [0.25, 0.3) is 0 Å². The monoisotopic (exact) mass is 436 g/mol. The van der Waals surface area contributed by atoms with Crippen molar-refractivity contribution < 1.29 is 0 Å². The van der Waals surface area contributed by atoms with E-state index in [0.717, 1.165) is 22.0 Å². The predicted molar refractivity (Wildman–Crippen MR) is 125 cm³/mol. The lowest BCUT2D eigenvalue weighted by atomic mass is 10.2. The van der Waals surface area contributed by atoms with Crippen molar-refractivity contribution in [1.82, 2.24) is 19.6 Å². The van der Waals surface area contributed by atoms with Crippen molar-refractivity contribution >= 4 is 40.4 Å². The van der Waals surface area contributed by atoms with E-state index in [9.17, 15) is 0 Å². The fourth-order valence-corrected chi connectivity index (χ4v) is 3.50. The predicted octanol–water partition coefficient (Wildman–Crippen LogP) is 4.95. The molecule has 0 unspecified atom stereocenters. The first-order chi connectivity index (χ1) is 14.6. The first-order valence-electron chi connectivity index (χ1n) is 9.49. The highest BCUT2D eigenvalue weighted by atomic mass is 35.5. The highest BCUT2D eigenvalue weighted by Gasteiger charge is 2.09. The van der Waals surface area contributed by atoms with E-state index >= 15 is 0 Å². The summed E-state index contributed by atoms with van der Waals surface area (Å²) in [4.78, 5) is 0. The Hall–Kier alpha value is -3.16. The van der Waals surface area contributed by atoms with Crippen molar-refractivity contribution in [3.63, 3.8) is 0 Å². The number of aromatic nitrogens is 4. The van der Waals surface area contributed by atoms with Gasteiger partial charge in [0.2, 0.25) is 0 Å². The molecule has 4 rings (SSSR count). The Labute approximate surface area is 185 Å². The molecule has 8 heteroatoms. The summed E-state index contributed by atoms with van der Waals surface area (Å²) in [5.74, 6) is 0.675. The molecule has 0 aliphatic heterocycles. The van der Waals surface area contributed by atoms with E-state index in [1.165, 1.54) is 5.56 Å². The van der Waals surface area contributed by atoms with E-state index in [-0.39, 0.29) is 0 Å². The van der Waals surface area contributed by atoms with Gasteiger partial charge in [0.05, 0.1) is 25.0 Å². The maximum Gasteiger partial charge on any atom is 0.176 e. The van der Waals surface area contributed by atoms with E-state index in [1.54, 1.807) is 6.20 Å². The summed E-state index contributed by atoms with van der Waals surface area (Å²) in [7, 11) is 0. The Morgan fingerprint density at radius 3 is 2.60 bits per heavy atom. The van der Waals surface area contributed by atoms with Crippen LogP contribution in [-0.4, -0.2) is 24.7 Å². The van der Waals surface area contributed by atoms with E-state index in [1.807, 2.05) is 71.0 Å². The Bertz CT molecular complexity index is 1150. The average Bonchev–Trinajstić information content (AvgIpc) is 3.30. The molecule has 0 saturated heterocycles. The fourth-order valence-electron chi connectivity index (χ4n) is 3.08. The minimum atomic E-state index is 0.455. The molecule has 6 nitrogen and oxygen atoms in total. The van der Waals surface area contributed by atoms with Crippen LogP contribution in [0.1, 0.15) is 16.8 Å². The smallest absolute Gasteiger partial charge is 0.176 e. The van der Waals surface area contributed by atoms with Crippen molar-refractivity contribution in [2.45, 2.75) is 20.0 Å². The summed E-state index contributed by atoms with van der Waals surface area (Å²) >= 11 is 11.7. The molecule has 0 saturated carbocycles. The molecule has 0 spiro atoms. The maximum atomic E-state index is 6.27. The molecular formula is C22H21ClN6S. The Balaban J connectivity index is 1.36. The SMILES string of the molecule is Cc1cc(NC(=S)Nc2cnn(Cc3ccccc3)c2)nn1Cc1ccccc1Cl. The van der Waals surface area contributed by atoms with Crippen LogP contribution in [0.5, 0.6) is 0 Å². The summed E-state index contributed by atoms with van der Waals surface area (Å²) in [5, 5.41) is 16.4. The summed E-state index contributed by atoms with van der Waals surface area (Å²) in [6.45, 7) is 3.30. The van der Waals surface area contributed by atoms with Crippen LogP contribution in [0.2, 0.25) is 5.02 Å². The molecule has 2 aromatic carbocycles. The van der Waals surface area contributed by atoms with E-state index in [0.29, 0.717) is 24.0 Å². The molecule has 2 aromatic heterocycles. The number of thiocarbonyl (C=S) groups is 1. The molecule has 0 fully saturated rings. The van der Waals surface area contributed by atoms with Gasteiger partial charge in [-0.05, 0) is 36.3 Å². The number of halogens is 1. The number of hydrogen-bond donors (Lipinski definition) is 2. The third kappa shape index (κ3) is 5.06. The number of anilines is 2. The second-order valence-electron chi connectivity index (χ2n) is 6.91. The minimum absolute atomic E-state index is 0.455. The molecule has 0 amide bonds. The molecule has 0 atom stereocenters. The molecule has 0 aliphatic carbocycles. The van der Waals surface area contributed by atoms with Gasteiger partial charge in [0, 0.05) is 23.0 Å². The number of nitrogens with zero attached hydrogens (tertiary/aromatic N) is 4. The van der Waals surface area contributed by atoms with Gasteiger partial charge in [-0.1, -0.05) is 60.1 Å². The lowest BCUT2D eigenvalue weighted by molar-refractivity contribution is 0.668. The Morgan fingerprint density at radius 1 is 1.03 bits per heavy atom. The van der Waals surface area contributed by atoms with Crippen LogP contribution in [0.3, 0.4) is 0 Å². The highest BCUT2D eigenvalue weighted by molar-refractivity contribution is 7.80. The van der Waals surface area contributed by atoms with Crippen molar-refractivity contribution in [2.24, 2.45) is 0 Å². The normalized spacial score (nSPS) is 10.7. The largest absolute Gasteiger partial charge is 0.330 e. The van der Waals surface area contributed by atoms with Gasteiger partial charge in [0.15, 0.2) is 10.9 Å². The van der Waals surface area contributed by atoms with Gasteiger partial charge in [-0.3, -0.25) is 9.36 Å². The Kier molecular flexibility index (Phi) is 6.11. The summed E-state index contributed by atoms with van der Waals surface area (Å²) in [6, 6.07) is 19.9. The zero-order chi connectivity index (χ0) is 20.9. The van der Waals surface area contributed by atoms with Gasteiger partial charge in [-0.15, -0.1) is 0 Å². The minimum Gasteiger partial charge on any atom is -0.330 e. The summed E-state index contributed by atoms with van der Waals surface area (Å²) in [6.07, 6.45) is 3.67. The third-order valence-corrected chi connectivity index (χ3v) is 5.15. The van der Waals surface area contributed by atoms with Crippen LogP contribution < -0.4 is 10.6 Å². The van der Waals surface area contributed by atoms with Gasteiger partial charge in [0.1, 0.15) is 0 Å². The highest BCUT2D eigenvalue weighted by Crippen LogP contribution is 2.18. The van der Waals surface area contributed by atoms with Crippen LogP contribution in [0.4, 0.5) is 11.5 Å². The molecule has 152 valence electrons. The molecule has 0 radical (unpaired) electrons. The van der Waals surface area contributed by atoms with Gasteiger partial charge >= 0.3 is 0 Å². The van der Waals surface area contributed by atoms with Crippen LogP contribution >= 0.6 is 23.8 Å². The van der Waals surface area contributed by atoms with E-state index < -0.39 is 0 Å². The summed E-state index contributed by atoms with van der Waals surface area (Å²) in [5.41, 5.74) is 4.03. The molecular weight excluding hydrogens is 416 g/mol. The molecule has 0 aliphatic rings. The van der Waals surface area contributed by atoms with E-state index in [4.69, 9.17) is 23.8 Å². The quantitative estimate of drug-likeness (QED) is 0.419. The number of benzene rings is 2. The van der Waals surface area contributed by atoms with Crippen LogP contribution in [0, 0.1) is 6.92 Å². The first kappa shape index (κ1) is 20.1. The van der Waals surface area contributed by atoms with E-state index in [2.05, 4.69) is 33.0 Å². The van der Waals surface area contributed by atoms with Crippen LogP contribution in [0.25, 0.3) is 0 Å². The second kappa shape index (κ2) is 9.11. The molecule has 2 heterocycles. The van der Waals surface area contributed by atoms with Gasteiger partial charge < -0.3 is 10.6 Å². The van der Waals surface area contributed by atoms with Crippen molar-refractivity contribution in [3.8, 4) is 0 Å². The topological polar surface area (TPSA) is 59.7 Å². The van der Waals surface area contributed by atoms with Crippen molar-refractivity contribution in [1.29, 1.82) is 0 Å². The molecule has 2 N–H and O–H groups in total. The number of nitrogens with one attached hydrogen (secondary N) is 2. The van der Waals surface area contributed by atoms with Crippen LogP contribution in [0.15, 0.2) is 73.1 Å². The zero-order valence-corrected chi connectivity index (χ0v) is 18.0. The molecule has 0 bridgehead atoms. The fraction of sp³-hybridized carbons (Fsp3) is 0.136. The second-order valence-corrected chi connectivity index (χ2v) is 7.73. The summed E-state index contributed by atoms with van der Waals surface area (Å²) < 4.78 is 3.76. The molecule has 4 aromatic rings. The van der Waals surface area contributed by atoms with Gasteiger partial charge in [-0.2, -0.15) is 10.2 Å². The third-order valence-electron chi connectivity index (χ3n) is 4.58. The van der Waals surface area contributed by atoms with Crippen molar-refractivity contribution in [3.05, 3.63) is 94.9 Å². The number of aryl methyl sites for hydroxylation is 1. The lowest BCUT2D eigenvalue weighted by Crippen LogP contribution is -2.19. The van der Waals surface area contributed by atoms with Crippen LogP contribution in [-0.2, 0) is 13.1 Å². The molecule has 30 heavy (non-hydrogen) atoms. The standard InChI is InChI=1S/C22H21ClN6S/c1-16-11-21(27-29(16)14-18-9-5-6-10-20(18)23)26-22(30)25-19-12-24-28(15-19)13-17-7-3-2-4-8-17/h2-12,15H,13-14H2,1H3,(H2,25,26,27,30).